The maximum Gasteiger partial charge on any atom is 0.0897 e. The summed E-state index contributed by atoms with van der Waals surface area (Å²) in [6.07, 6.45) is 7.96. The van der Waals surface area contributed by atoms with Gasteiger partial charge in [0, 0.05) is 25.5 Å². The first-order valence-corrected chi connectivity index (χ1v) is 17.1. The first-order valence-electron chi connectivity index (χ1n) is 14.0. The highest BCUT2D eigenvalue weighted by Gasteiger charge is 2.22. The minimum absolute atomic E-state index is 0.418. The fourth-order valence-electron chi connectivity index (χ4n) is 5.64. The van der Waals surface area contributed by atoms with Crippen molar-refractivity contribution in [2.24, 2.45) is 0 Å². The van der Waals surface area contributed by atoms with Gasteiger partial charge in [-0.2, -0.15) is 0 Å². The van der Waals surface area contributed by atoms with Crippen LogP contribution >= 0.6 is 15.8 Å². The maximum absolute atomic E-state index is 3.87. The van der Waals surface area contributed by atoms with Crippen molar-refractivity contribution in [1.29, 1.82) is 0 Å². The molecule has 0 amide bonds. The number of nitrogens with zero attached hydrogens (tertiary/aromatic N) is 2. The van der Waals surface area contributed by atoms with Crippen molar-refractivity contribution >= 4 is 37.1 Å². The van der Waals surface area contributed by atoms with Gasteiger partial charge in [0.1, 0.15) is 0 Å². The van der Waals surface area contributed by atoms with Crippen LogP contribution in [0.25, 0.3) is 0 Å². The van der Waals surface area contributed by atoms with Crippen LogP contribution in [0.2, 0.25) is 0 Å². The van der Waals surface area contributed by atoms with Crippen LogP contribution in [0.5, 0.6) is 0 Å². The molecule has 4 aromatic carbocycles. The lowest BCUT2D eigenvalue weighted by atomic mass is 10.1. The molecule has 4 aromatic rings. The van der Waals surface area contributed by atoms with Crippen molar-refractivity contribution in [3.63, 3.8) is 0 Å². The summed E-state index contributed by atoms with van der Waals surface area (Å²) in [7, 11) is -0.855. The predicted molar refractivity (Wildman–Crippen MR) is 171 cm³/mol. The van der Waals surface area contributed by atoms with E-state index in [1.54, 1.807) is 5.30 Å². The van der Waals surface area contributed by atoms with Crippen LogP contribution in [0, 0.1) is 0 Å². The molecular weight excluding hydrogens is 512 g/mol. The fraction of sp³-hybridized carbons (Fsp3) is 0.235. The van der Waals surface area contributed by atoms with Crippen LogP contribution in [-0.4, -0.2) is 48.4 Å². The molecule has 2 heterocycles. The summed E-state index contributed by atoms with van der Waals surface area (Å²) in [4.78, 5) is 4.94. The summed E-state index contributed by atoms with van der Waals surface area (Å²) in [5.41, 5.74) is 2.96. The molecule has 0 spiro atoms. The van der Waals surface area contributed by atoms with E-state index in [1.807, 2.05) is 0 Å². The minimum atomic E-state index is -0.437. The highest BCUT2D eigenvalue weighted by molar-refractivity contribution is 7.73. The number of rotatable bonds is 2. The maximum atomic E-state index is 3.87. The van der Waals surface area contributed by atoms with E-state index in [0.717, 1.165) is 51.6 Å². The zero-order chi connectivity index (χ0) is 26.3. The first kappa shape index (κ1) is 26.3. The monoisotopic (exact) mass is 549 g/mol. The van der Waals surface area contributed by atoms with Crippen molar-refractivity contribution in [3.05, 3.63) is 133 Å². The second-order valence-corrected chi connectivity index (χ2v) is 14.8. The second-order valence-electron chi connectivity index (χ2n) is 10.2. The van der Waals surface area contributed by atoms with Gasteiger partial charge in [-0.05, 0) is 80.0 Å². The second kappa shape index (κ2) is 12.9. The molecule has 3 nitrogen and oxygen atoms in total. The van der Waals surface area contributed by atoms with Crippen LogP contribution in [0.1, 0.15) is 11.1 Å². The van der Waals surface area contributed by atoms with Gasteiger partial charge in [-0.1, -0.05) is 109 Å². The van der Waals surface area contributed by atoms with Gasteiger partial charge in [-0.15, -0.1) is 0 Å². The van der Waals surface area contributed by atoms with Gasteiger partial charge in [-0.3, -0.25) is 0 Å². The molecule has 6 rings (SSSR count). The topological polar surface area (TPSA) is 18.5 Å². The van der Waals surface area contributed by atoms with Crippen LogP contribution in [-0.2, 0) is 13.0 Å². The standard InChI is InChI=1S/C34H37N3P2/c1-3-13-31(14-4-1)38-25-20-35-21-26-39(32-15-5-2-6-16-32)34-18-10-8-12-30(34)27-37-24-23-36(28-37)22-19-29-11-7-9-17-33(29)38/h1-18,23-24,35H,19-22,25-28H2. The van der Waals surface area contributed by atoms with E-state index in [0.29, 0.717) is 0 Å². The van der Waals surface area contributed by atoms with Crippen LogP contribution < -0.4 is 26.5 Å². The summed E-state index contributed by atoms with van der Waals surface area (Å²) >= 11 is 0. The van der Waals surface area contributed by atoms with E-state index in [4.69, 9.17) is 0 Å². The number of fused-ring (bicyclic) bond motifs is 4. The van der Waals surface area contributed by atoms with Gasteiger partial charge in [0.2, 0.25) is 0 Å². The quantitative estimate of drug-likeness (QED) is 0.358. The average molecular weight is 550 g/mol. The van der Waals surface area contributed by atoms with E-state index in [9.17, 15) is 0 Å². The van der Waals surface area contributed by atoms with Crippen molar-refractivity contribution in [3.8, 4) is 0 Å². The molecule has 0 fully saturated rings. The summed E-state index contributed by atoms with van der Waals surface area (Å²) in [5, 5.41) is 9.89. The molecule has 2 unspecified atom stereocenters. The van der Waals surface area contributed by atoms with Gasteiger partial charge in [0.05, 0.1) is 6.67 Å². The van der Waals surface area contributed by atoms with E-state index >= 15 is 0 Å². The van der Waals surface area contributed by atoms with E-state index in [1.165, 1.54) is 27.0 Å². The fourth-order valence-corrected chi connectivity index (χ4v) is 10.6. The molecule has 39 heavy (non-hydrogen) atoms. The third-order valence-electron chi connectivity index (χ3n) is 7.62. The molecule has 2 aliphatic heterocycles. The molecule has 0 radical (unpaired) electrons. The molecule has 0 aliphatic carbocycles. The van der Waals surface area contributed by atoms with Crippen LogP contribution in [0.3, 0.4) is 0 Å². The highest BCUT2D eigenvalue weighted by atomic mass is 31.1. The Hall–Kier alpha value is -2.96. The largest absolute Gasteiger partial charge is 0.358 e. The first-order chi connectivity index (χ1) is 19.3. The van der Waals surface area contributed by atoms with E-state index < -0.39 is 15.8 Å². The molecule has 198 valence electrons. The van der Waals surface area contributed by atoms with Gasteiger partial charge in [0.15, 0.2) is 0 Å². The number of hydrogen-bond acceptors (Lipinski definition) is 3. The lowest BCUT2D eigenvalue weighted by Gasteiger charge is -2.26. The summed E-state index contributed by atoms with van der Waals surface area (Å²) in [6.45, 7) is 5.02. The number of nitrogens with one attached hydrogen (secondary N) is 1. The zero-order valence-electron chi connectivity index (χ0n) is 22.5. The molecule has 0 saturated heterocycles. The third kappa shape index (κ3) is 6.44. The normalized spacial score (nSPS) is 20.2. The minimum Gasteiger partial charge on any atom is -0.358 e. The molecular formula is C34H37N3P2. The van der Waals surface area contributed by atoms with Gasteiger partial charge in [0.25, 0.3) is 0 Å². The van der Waals surface area contributed by atoms with Gasteiger partial charge >= 0.3 is 0 Å². The van der Waals surface area contributed by atoms with Gasteiger partial charge in [-0.25, -0.2) is 0 Å². The predicted octanol–water partition coefficient (Wildman–Crippen LogP) is 4.94. The molecule has 2 aliphatic rings. The average Bonchev–Trinajstić information content (AvgIpc) is 3.44. The Morgan fingerprint density at radius 3 is 1.69 bits per heavy atom. The smallest absolute Gasteiger partial charge is 0.0897 e. The number of benzene rings is 4. The van der Waals surface area contributed by atoms with Gasteiger partial charge < -0.3 is 15.1 Å². The molecule has 0 aromatic heterocycles. The summed E-state index contributed by atoms with van der Waals surface area (Å²) in [6, 6.07) is 40.7. The van der Waals surface area contributed by atoms with Crippen molar-refractivity contribution in [2.75, 3.05) is 38.6 Å². The zero-order valence-corrected chi connectivity index (χ0v) is 24.3. The Morgan fingerprint density at radius 1 is 0.538 bits per heavy atom. The SMILES string of the molecule is C1=CN2Cc3ccccc3P(c3ccccc3)CCNCCP(c3ccccc3)c3ccccc3CCN1C2. The molecule has 2 atom stereocenters. The van der Waals surface area contributed by atoms with Crippen molar-refractivity contribution < 1.29 is 0 Å². The molecule has 1 N–H and O–H groups in total. The Kier molecular flexibility index (Phi) is 8.71. The lowest BCUT2D eigenvalue weighted by Crippen LogP contribution is -2.29. The Bertz CT molecular complexity index is 1380. The Morgan fingerprint density at radius 2 is 1.05 bits per heavy atom. The highest BCUT2D eigenvalue weighted by Crippen LogP contribution is 2.36. The van der Waals surface area contributed by atoms with Crippen molar-refractivity contribution in [1.82, 2.24) is 15.1 Å². The van der Waals surface area contributed by atoms with Crippen LogP contribution in [0.4, 0.5) is 0 Å². The molecule has 5 heteroatoms. The number of hydrogen-bond donors (Lipinski definition) is 1. The Labute approximate surface area is 236 Å². The van der Waals surface area contributed by atoms with Crippen molar-refractivity contribution in [2.45, 2.75) is 13.0 Å². The Balaban J connectivity index is 1.32. The molecule has 2 bridgehead atoms. The van der Waals surface area contributed by atoms with E-state index in [-0.39, 0.29) is 0 Å². The molecule has 0 saturated carbocycles. The summed E-state index contributed by atoms with van der Waals surface area (Å²) < 4.78 is 0. The van der Waals surface area contributed by atoms with E-state index in [2.05, 4.69) is 137 Å². The van der Waals surface area contributed by atoms with Crippen LogP contribution in [0.15, 0.2) is 122 Å². The lowest BCUT2D eigenvalue weighted by molar-refractivity contribution is 0.262. The summed E-state index contributed by atoms with van der Waals surface area (Å²) in [5.74, 6) is 0. The third-order valence-corrected chi connectivity index (χ3v) is 12.8.